The largest absolute Gasteiger partial charge is 0.473 e. The number of amides is 1. The molecule has 4 heteroatoms. The van der Waals surface area contributed by atoms with E-state index in [9.17, 15) is 4.79 Å². The van der Waals surface area contributed by atoms with E-state index in [4.69, 9.17) is 4.74 Å². The van der Waals surface area contributed by atoms with Gasteiger partial charge in [-0.15, -0.1) is 0 Å². The van der Waals surface area contributed by atoms with Gasteiger partial charge in [-0.05, 0) is 17.7 Å². The van der Waals surface area contributed by atoms with E-state index in [0.29, 0.717) is 19.0 Å². The van der Waals surface area contributed by atoms with Gasteiger partial charge in [0.25, 0.3) is 0 Å². The summed E-state index contributed by atoms with van der Waals surface area (Å²) in [6.07, 6.45) is 2.90. The van der Waals surface area contributed by atoms with Gasteiger partial charge in [0, 0.05) is 18.3 Å². The number of hydrogen-bond acceptors (Lipinski definition) is 3. The van der Waals surface area contributed by atoms with E-state index in [1.807, 2.05) is 42.5 Å². The Balaban J connectivity index is 2.00. The topological polar surface area (TPSA) is 51.2 Å². The van der Waals surface area contributed by atoms with Gasteiger partial charge >= 0.3 is 0 Å². The molecule has 102 valence electrons. The van der Waals surface area contributed by atoms with E-state index in [2.05, 4.69) is 16.9 Å². The van der Waals surface area contributed by atoms with E-state index in [1.54, 1.807) is 6.20 Å². The van der Waals surface area contributed by atoms with Gasteiger partial charge in [-0.25, -0.2) is 4.98 Å². The fourth-order valence-electron chi connectivity index (χ4n) is 1.67. The molecule has 0 unspecified atom stereocenters. The number of benzene rings is 1. The number of nitrogens with zero attached hydrogens (tertiary/aromatic N) is 1. The molecule has 1 N–H and O–H groups in total. The Morgan fingerprint density at radius 3 is 2.80 bits per heavy atom. The average Bonchev–Trinajstić information content (AvgIpc) is 2.52. The van der Waals surface area contributed by atoms with Crippen LogP contribution in [-0.2, 0) is 17.9 Å². The van der Waals surface area contributed by atoms with Crippen LogP contribution in [0.3, 0.4) is 0 Å². The van der Waals surface area contributed by atoms with Crippen LogP contribution >= 0.6 is 0 Å². The number of carbonyl (C=O) groups is 1. The predicted molar refractivity (Wildman–Crippen MR) is 77.1 cm³/mol. The van der Waals surface area contributed by atoms with Gasteiger partial charge in [0.1, 0.15) is 6.61 Å². The van der Waals surface area contributed by atoms with Crippen molar-refractivity contribution in [2.75, 3.05) is 0 Å². The second-order valence-corrected chi connectivity index (χ2v) is 4.16. The van der Waals surface area contributed by atoms with Crippen LogP contribution < -0.4 is 10.1 Å². The highest BCUT2D eigenvalue weighted by atomic mass is 16.5. The maximum Gasteiger partial charge on any atom is 0.243 e. The first-order valence-corrected chi connectivity index (χ1v) is 6.30. The van der Waals surface area contributed by atoms with Crippen LogP contribution in [-0.4, -0.2) is 10.9 Å². The molecule has 1 aromatic heterocycles. The van der Waals surface area contributed by atoms with Crippen molar-refractivity contribution in [2.45, 2.75) is 13.2 Å². The molecule has 4 nitrogen and oxygen atoms in total. The fourth-order valence-corrected chi connectivity index (χ4v) is 1.67. The summed E-state index contributed by atoms with van der Waals surface area (Å²) in [5.41, 5.74) is 1.90. The van der Waals surface area contributed by atoms with Crippen molar-refractivity contribution in [1.29, 1.82) is 0 Å². The second-order valence-electron chi connectivity index (χ2n) is 4.16. The van der Waals surface area contributed by atoms with Crippen molar-refractivity contribution < 1.29 is 9.53 Å². The molecule has 2 aromatic rings. The summed E-state index contributed by atoms with van der Waals surface area (Å²) in [5, 5.41) is 2.71. The molecule has 20 heavy (non-hydrogen) atoms. The lowest BCUT2D eigenvalue weighted by Gasteiger charge is -2.10. The smallest absolute Gasteiger partial charge is 0.243 e. The molecule has 1 aromatic carbocycles. The Hall–Kier alpha value is -2.62. The minimum absolute atomic E-state index is 0.220. The van der Waals surface area contributed by atoms with E-state index in [-0.39, 0.29) is 5.91 Å². The summed E-state index contributed by atoms with van der Waals surface area (Å²) in [6.45, 7) is 4.22. The van der Waals surface area contributed by atoms with Crippen LogP contribution in [0.25, 0.3) is 0 Å². The molecule has 1 amide bonds. The highest BCUT2D eigenvalue weighted by Crippen LogP contribution is 2.15. The number of ether oxygens (including phenoxy) is 1. The first kappa shape index (κ1) is 13.8. The number of nitrogens with one attached hydrogen (secondary N) is 1. The molecule has 0 bridgehead atoms. The minimum atomic E-state index is -0.220. The van der Waals surface area contributed by atoms with Gasteiger partial charge in [-0.1, -0.05) is 43.0 Å². The third-order valence-electron chi connectivity index (χ3n) is 2.71. The van der Waals surface area contributed by atoms with Crippen molar-refractivity contribution in [3.05, 3.63) is 72.4 Å². The van der Waals surface area contributed by atoms with Gasteiger partial charge in [0.2, 0.25) is 11.8 Å². The van der Waals surface area contributed by atoms with E-state index < -0.39 is 0 Å². The van der Waals surface area contributed by atoms with Crippen LogP contribution in [0.2, 0.25) is 0 Å². The van der Waals surface area contributed by atoms with E-state index >= 15 is 0 Å². The summed E-state index contributed by atoms with van der Waals surface area (Å²) < 4.78 is 5.70. The Kier molecular flexibility index (Phi) is 4.89. The molecule has 0 aliphatic rings. The van der Waals surface area contributed by atoms with Gasteiger partial charge in [0.15, 0.2) is 0 Å². The van der Waals surface area contributed by atoms with Gasteiger partial charge in [-0.3, -0.25) is 4.79 Å². The van der Waals surface area contributed by atoms with Gasteiger partial charge in [0.05, 0.1) is 0 Å². The SMILES string of the molecule is C=CC(=O)NCc1cccnc1OCc1ccccc1. The standard InChI is InChI=1S/C16H16N2O2/c1-2-15(19)18-11-14-9-6-10-17-16(14)20-12-13-7-4-3-5-8-13/h2-10H,1,11-12H2,(H,18,19). The van der Waals surface area contributed by atoms with Crippen LogP contribution in [0.5, 0.6) is 5.88 Å². The van der Waals surface area contributed by atoms with Gasteiger partial charge < -0.3 is 10.1 Å². The third kappa shape index (κ3) is 3.95. The van der Waals surface area contributed by atoms with Crippen LogP contribution in [0.4, 0.5) is 0 Å². The van der Waals surface area contributed by atoms with Crippen molar-refractivity contribution in [1.82, 2.24) is 10.3 Å². The molecule has 0 saturated heterocycles. The molecule has 0 aliphatic carbocycles. The van der Waals surface area contributed by atoms with Crippen molar-refractivity contribution >= 4 is 5.91 Å². The zero-order chi connectivity index (χ0) is 14.2. The maximum atomic E-state index is 11.2. The Labute approximate surface area is 118 Å². The van der Waals surface area contributed by atoms with E-state index in [1.165, 1.54) is 6.08 Å². The first-order valence-electron chi connectivity index (χ1n) is 6.30. The maximum absolute atomic E-state index is 11.2. The quantitative estimate of drug-likeness (QED) is 0.819. The Morgan fingerprint density at radius 2 is 2.05 bits per heavy atom. The van der Waals surface area contributed by atoms with Crippen LogP contribution in [0.15, 0.2) is 61.3 Å². The number of pyridine rings is 1. The first-order chi connectivity index (χ1) is 9.79. The number of aromatic nitrogens is 1. The third-order valence-corrected chi connectivity index (χ3v) is 2.71. The lowest BCUT2D eigenvalue weighted by atomic mass is 10.2. The summed E-state index contributed by atoms with van der Waals surface area (Å²) >= 11 is 0. The highest BCUT2D eigenvalue weighted by molar-refractivity contribution is 5.86. The predicted octanol–water partition coefficient (Wildman–Crippen LogP) is 2.46. The second kappa shape index (κ2) is 7.09. The van der Waals surface area contributed by atoms with Crippen molar-refractivity contribution in [3.63, 3.8) is 0 Å². The highest BCUT2D eigenvalue weighted by Gasteiger charge is 2.05. The van der Waals surface area contributed by atoms with Gasteiger partial charge in [-0.2, -0.15) is 0 Å². The Morgan fingerprint density at radius 1 is 1.25 bits per heavy atom. The summed E-state index contributed by atoms with van der Waals surface area (Å²) in [7, 11) is 0. The molecule has 0 aliphatic heterocycles. The molecule has 0 atom stereocenters. The van der Waals surface area contributed by atoms with Crippen LogP contribution in [0, 0.1) is 0 Å². The van der Waals surface area contributed by atoms with E-state index in [0.717, 1.165) is 11.1 Å². The summed E-state index contributed by atoms with van der Waals surface area (Å²) in [4.78, 5) is 15.4. The summed E-state index contributed by atoms with van der Waals surface area (Å²) in [6, 6.07) is 13.5. The number of hydrogen-bond donors (Lipinski definition) is 1. The Bertz CT molecular complexity index is 582. The molecule has 0 fully saturated rings. The minimum Gasteiger partial charge on any atom is -0.473 e. The molecular weight excluding hydrogens is 252 g/mol. The molecule has 0 saturated carbocycles. The van der Waals surface area contributed by atoms with Crippen molar-refractivity contribution in [2.24, 2.45) is 0 Å². The number of carbonyl (C=O) groups excluding carboxylic acids is 1. The lowest BCUT2D eigenvalue weighted by Crippen LogP contribution is -2.20. The lowest BCUT2D eigenvalue weighted by molar-refractivity contribution is -0.116. The molecule has 0 radical (unpaired) electrons. The average molecular weight is 268 g/mol. The molecular formula is C16H16N2O2. The van der Waals surface area contributed by atoms with Crippen LogP contribution in [0.1, 0.15) is 11.1 Å². The molecule has 1 heterocycles. The zero-order valence-electron chi connectivity index (χ0n) is 11.1. The fraction of sp³-hybridized carbons (Fsp3) is 0.125. The van der Waals surface area contributed by atoms with Crippen molar-refractivity contribution in [3.8, 4) is 5.88 Å². The monoisotopic (exact) mass is 268 g/mol. The molecule has 0 spiro atoms. The zero-order valence-corrected chi connectivity index (χ0v) is 11.1. The molecule has 2 rings (SSSR count). The normalized spacial score (nSPS) is 9.80. The number of rotatable bonds is 6. The summed E-state index contributed by atoms with van der Waals surface area (Å²) in [5.74, 6) is 0.309.